The van der Waals surface area contributed by atoms with E-state index >= 15 is 0 Å². The first-order chi connectivity index (χ1) is 9.54. The number of amidine groups is 1. The van der Waals surface area contributed by atoms with Crippen molar-refractivity contribution in [3.63, 3.8) is 0 Å². The zero-order valence-corrected chi connectivity index (χ0v) is 12.4. The van der Waals surface area contributed by atoms with Crippen molar-refractivity contribution < 1.29 is 5.21 Å². The highest BCUT2D eigenvalue weighted by molar-refractivity contribution is 6.02. The topological polar surface area (TPSA) is 78.0 Å². The first-order valence-corrected chi connectivity index (χ1v) is 6.97. The van der Waals surface area contributed by atoms with Crippen LogP contribution in [-0.2, 0) is 0 Å². The molecule has 6 heteroatoms. The van der Waals surface area contributed by atoms with Crippen molar-refractivity contribution in [3.05, 3.63) is 23.4 Å². The smallest absolute Gasteiger partial charge is 0.174 e. The van der Waals surface area contributed by atoms with E-state index in [9.17, 15) is 0 Å². The van der Waals surface area contributed by atoms with Crippen molar-refractivity contribution in [1.29, 1.82) is 0 Å². The molecule has 6 nitrogen and oxygen atoms in total. The molecule has 0 unspecified atom stereocenters. The first kappa shape index (κ1) is 14.6. The van der Waals surface area contributed by atoms with Crippen molar-refractivity contribution in [2.45, 2.75) is 26.8 Å². The van der Waals surface area contributed by atoms with E-state index in [4.69, 9.17) is 10.9 Å². The van der Waals surface area contributed by atoms with Crippen LogP contribution in [0.5, 0.6) is 0 Å². The van der Waals surface area contributed by atoms with Gasteiger partial charge in [-0.25, -0.2) is 4.98 Å². The molecule has 0 aromatic carbocycles. The summed E-state index contributed by atoms with van der Waals surface area (Å²) in [7, 11) is 0. The second kappa shape index (κ2) is 6.09. The van der Waals surface area contributed by atoms with Gasteiger partial charge in [-0.1, -0.05) is 5.16 Å². The quantitative estimate of drug-likeness (QED) is 0.373. The number of aromatic nitrogens is 1. The lowest BCUT2D eigenvalue weighted by atomic mass is 10.1. The fourth-order valence-electron chi connectivity index (χ4n) is 2.60. The van der Waals surface area contributed by atoms with E-state index in [1.807, 2.05) is 13.0 Å². The molecule has 0 amide bonds. The third-order valence-electron chi connectivity index (χ3n) is 3.85. The zero-order chi connectivity index (χ0) is 14.7. The summed E-state index contributed by atoms with van der Waals surface area (Å²) in [5, 5.41) is 12.1. The van der Waals surface area contributed by atoms with E-state index in [0.717, 1.165) is 43.1 Å². The summed E-state index contributed by atoms with van der Waals surface area (Å²) in [6.45, 7) is 10.2. The number of nitrogens with zero attached hydrogens (tertiary/aromatic N) is 4. The number of rotatable bonds is 3. The molecule has 1 aromatic rings. The van der Waals surface area contributed by atoms with Crippen LogP contribution in [0.15, 0.2) is 17.4 Å². The van der Waals surface area contributed by atoms with Crippen LogP contribution in [-0.4, -0.2) is 53.1 Å². The van der Waals surface area contributed by atoms with Crippen LogP contribution >= 0.6 is 0 Å². The van der Waals surface area contributed by atoms with Crippen molar-refractivity contribution in [2.24, 2.45) is 10.9 Å². The second-order valence-corrected chi connectivity index (χ2v) is 5.43. The molecule has 0 bridgehead atoms. The summed E-state index contributed by atoms with van der Waals surface area (Å²) in [5.41, 5.74) is 7.50. The van der Waals surface area contributed by atoms with Gasteiger partial charge in [0.05, 0.1) is 5.56 Å². The summed E-state index contributed by atoms with van der Waals surface area (Å²) >= 11 is 0. The van der Waals surface area contributed by atoms with Crippen LogP contribution in [0.25, 0.3) is 0 Å². The van der Waals surface area contributed by atoms with Crippen molar-refractivity contribution in [3.8, 4) is 0 Å². The van der Waals surface area contributed by atoms with Gasteiger partial charge in [-0.2, -0.15) is 0 Å². The fraction of sp³-hybridized carbons (Fsp3) is 0.571. The molecule has 1 saturated heterocycles. The third-order valence-corrected chi connectivity index (χ3v) is 3.85. The van der Waals surface area contributed by atoms with Crippen LogP contribution < -0.4 is 10.6 Å². The lowest BCUT2D eigenvalue weighted by molar-refractivity contribution is 0.209. The van der Waals surface area contributed by atoms with E-state index in [2.05, 4.69) is 33.8 Å². The summed E-state index contributed by atoms with van der Waals surface area (Å²) in [5.74, 6) is 0.931. The number of piperazine rings is 1. The Morgan fingerprint density at radius 1 is 1.35 bits per heavy atom. The Labute approximate surface area is 119 Å². The van der Waals surface area contributed by atoms with Gasteiger partial charge in [0, 0.05) is 38.4 Å². The van der Waals surface area contributed by atoms with Crippen LogP contribution in [0, 0.1) is 6.92 Å². The normalized spacial score (nSPS) is 17.8. The number of hydrogen-bond acceptors (Lipinski definition) is 5. The average Bonchev–Trinajstić information content (AvgIpc) is 2.46. The molecule has 110 valence electrons. The molecule has 1 aromatic heterocycles. The molecular formula is C14H23N5O. The standard InChI is InChI=1S/C14H23N5O/c1-10(2)18-6-8-19(9-7-18)14-12(13(15)17-20)11(3)4-5-16-14/h4-5,10,20H,6-9H2,1-3H3,(H2,15,17). The zero-order valence-electron chi connectivity index (χ0n) is 12.4. The largest absolute Gasteiger partial charge is 0.409 e. The van der Waals surface area contributed by atoms with Gasteiger partial charge in [0.1, 0.15) is 5.82 Å². The van der Waals surface area contributed by atoms with Crippen LogP contribution in [0.4, 0.5) is 5.82 Å². The minimum atomic E-state index is 0.122. The van der Waals surface area contributed by atoms with E-state index < -0.39 is 0 Å². The Hall–Kier alpha value is -1.82. The van der Waals surface area contributed by atoms with Gasteiger partial charge in [0.2, 0.25) is 0 Å². The molecule has 2 rings (SSSR count). The molecule has 0 saturated carbocycles. The maximum atomic E-state index is 8.96. The first-order valence-electron chi connectivity index (χ1n) is 6.97. The number of anilines is 1. The maximum absolute atomic E-state index is 8.96. The van der Waals surface area contributed by atoms with Crippen LogP contribution in [0.3, 0.4) is 0 Å². The Kier molecular flexibility index (Phi) is 4.44. The Bertz CT molecular complexity index is 492. The van der Waals surface area contributed by atoms with Gasteiger partial charge in [0.15, 0.2) is 5.84 Å². The van der Waals surface area contributed by atoms with Crippen molar-refractivity contribution in [2.75, 3.05) is 31.1 Å². The molecule has 1 fully saturated rings. The lowest BCUT2D eigenvalue weighted by Gasteiger charge is -2.38. The molecule has 1 aliphatic heterocycles. The van der Waals surface area contributed by atoms with E-state index in [1.165, 1.54) is 0 Å². The van der Waals surface area contributed by atoms with E-state index in [1.54, 1.807) is 6.20 Å². The molecule has 3 N–H and O–H groups in total. The molecule has 2 heterocycles. The highest BCUT2D eigenvalue weighted by Gasteiger charge is 2.23. The predicted octanol–water partition coefficient (Wildman–Crippen LogP) is 1.01. The van der Waals surface area contributed by atoms with Crippen LogP contribution in [0.2, 0.25) is 0 Å². The minimum absolute atomic E-state index is 0.122. The van der Waals surface area contributed by atoms with Crippen molar-refractivity contribution >= 4 is 11.7 Å². The van der Waals surface area contributed by atoms with Gasteiger partial charge in [-0.05, 0) is 32.4 Å². The van der Waals surface area contributed by atoms with Crippen molar-refractivity contribution in [1.82, 2.24) is 9.88 Å². The monoisotopic (exact) mass is 277 g/mol. The average molecular weight is 277 g/mol. The van der Waals surface area contributed by atoms with E-state index in [-0.39, 0.29) is 5.84 Å². The molecular weight excluding hydrogens is 254 g/mol. The number of aryl methyl sites for hydroxylation is 1. The van der Waals surface area contributed by atoms with Gasteiger partial charge >= 0.3 is 0 Å². The third kappa shape index (κ3) is 2.85. The van der Waals surface area contributed by atoms with Gasteiger partial charge in [-0.3, -0.25) is 4.90 Å². The summed E-state index contributed by atoms with van der Waals surface area (Å²) in [6, 6.07) is 2.44. The predicted molar refractivity (Wildman–Crippen MR) is 80.4 cm³/mol. The number of pyridine rings is 1. The molecule has 0 atom stereocenters. The summed E-state index contributed by atoms with van der Waals surface area (Å²) in [4.78, 5) is 9.09. The molecule has 1 aliphatic rings. The van der Waals surface area contributed by atoms with Gasteiger partial charge in [-0.15, -0.1) is 0 Å². The Morgan fingerprint density at radius 3 is 2.55 bits per heavy atom. The molecule has 20 heavy (non-hydrogen) atoms. The Balaban J connectivity index is 2.24. The highest BCUT2D eigenvalue weighted by atomic mass is 16.4. The second-order valence-electron chi connectivity index (χ2n) is 5.43. The molecule has 0 radical (unpaired) electrons. The maximum Gasteiger partial charge on any atom is 0.174 e. The summed E-state index contributed by atoms with van der Waals surface area (Å²) < 4.78 is 0. The molecule has 0 spiro atoms. The van der Waals surface area contributed by atoms with Gasteiger partial charge in [0.25, 0.3) is 0 Å². The highest BCUT2D eigenvalue weighted by Crippen LogP contribution is 2.22. The number of nitrogens with two attached hydrogens (primary N) is 1. The number of oxime groups is 1. The van der Waals surface area contributed by atoms with E-state index in [0.29, 0.717) is 6.04 Å². The molecule has 0 aliphatic carbocycles. The van der Waals surface area contributed by atoms with Gasteiger partial charge < -0.3 is 15.8 Å². The fourth-order valence-corrected chi connectivity index (χ4v) is 2.60. The number of hydrogen-bond donors (Lipinski definition) is 2. The Morgan fingerprint density at radius 2 is 2.00 bits per heavy atom. The lowest BCUT2D eigenvalue weighted by Crippen LogP contribution is -2.49. The summed E-state index contributed by atoms with van der Waals surface area (Å²) in [6.07, 6.45) is 1.77. The SMILES string of the molecule is Cc1ccnc(N2CCN(C(C)C)CC2)c1/C(N)=N/O. The van der Waals surface area contributed by atoms with Crippen LogP contribution in [0.1, 0.15) is 25.0 Å². The minimum Gasteiger partial charge on any atom is -0.409 e.